The van der Waals surface area contributed by atoms with Crippen molar-refractivity contribution >= 4 is 9.84 Å². The standard InChI is InChI=1S/C14H7F4NO2S/c15-12-5-2-6-13(11(12)8-19)22(20,21)10-4-1-3-9(7-10)14(16,17)18/h1-7H. The van der Waals surface area contributed by atoms with Crippen molar-refractivity contribution in [3.05, 3.63) is 59.4 Å². The Morgan fingerprint density at radius 2 is 1.68 bits per heavy atom. The summed E-state index contributed by atoms with van der Waals surface area (Å²) in [5.41, 5.74) is -1.89. The Morgan fingerprint density at radius 3 is 2.27 bits per heavy atom. The van der Waals surface area contributed by atoms with Gasteiger partial charge in [-0.2, -0.15) is 18.4 Å². The van der Waals surface area contributed by atoms with E-state index >= 15 is 0 Å². The maximum absolute atomic E-state index is 13.5. The van der Waals surface area contributed by atoms with Gasteiger partial charge in [-0.15, -0.1) is 0 Å². The minimum atomic E-state index is -4.72. The number of hydrogen-bond donors (Lipinski definition) is 0. The second-order valence-electron chi connectivity index (χ2n) is 4.25. The van der Waals surface area contributed by atoms with E-state index in [-0.39, 0.29) is 0 Å². The van der Waals surface area contributed by atoms with Crippen LogP contribution in [-0.4, -0.2) is 8.42 Å². The van der Waals surface area contributed by atoms with Crippen molar-refractivity contribution in [2.75, 3.05) is 0 Å². The minimum absolute atomic E-state index is 0.446. The summed E-state index contributed by atoms with van der Waals surface area (Å²) in [5, 5.41) is 8.86. The summed E-state index contributed by atoms with van der Waals surface area (Å²) in [6, 6.07) is 7.39. The van der Waals surface area contributed by atoms with Crippen molar-refractivity contribution in [2.45, 2.75) is 16.0 Å². The molecule has 0 amide bonds. The van der Waals surface area contributed by atoms with Gasteiger partial charge in [0, 0.05) is 0 Å². The van der Waals surface area contributed by atoms with Crippen molar-refractivity contribution in [3.63, 3.8) is 0 Å². The minimum Gasteiger partial charge on any atom is -0.218 e. The lowest BCUT2D eigenvalue weighted by Gasteiger charge is -2.10. The molecule has 0 saturated carbocycles. The quantitative estimate of drug-likeness (QED) is 0.792. The summed E-state index contributed by atoms with van der Waals surface area (Å²) < 4.78 is 76.2. The third-order valence-electron chi connectivity index (χ3n) is 2.85. The molecule has 22 heavy (non-hydrogen) atoms. The monoisotopic (exact) mass is 329 g/mol. The highest BCUT2D eigenvalue weighted by atomic mass is 32.2. The molecule has 0 saturated heterocycles. The van der Waals surface area contributed by atoms with E-state index in [4.69, 9.17) is 5.26 Å². The molecule has 0 unspecified atom stereocenters. The zero-order valence-electron chi connectivity index (χ0n) is 10.7. The summed E-state index contributed by atoms with van der Waals surface area (Å²) in [7, 11) is -4.45. The molecule has 0 atom stereocenters. The third kappa shape index (κ3) is 2.80. The largest absolute Gasteiger partial charge is 0.416 e. The van der Waals surface area contributed by atoms with E-state index < -0.39 is 42.7 Å². The molecular formula is C14H7F4NO2S. The number of hydrogen-bond acceptors (Lipinski definition) is 3. The lowest BCUT2D eigenvalue weighted by Crippen LogP contribution is -2.09. The van der Waals surface area contributed by atoms with Crippen LogP contribution in [0.25, 0.3) is 0 Å². The first-order valence-electron chi connectivity index (χ1n) is 5.79. The number of nitriles is 1. The number of halogens is 4. The lowest BCUT2D eigenvalue weighted by atomic mass is 10.2. The van der Waals surface area contributed by atoms with Crippen LogP contribution in [0.4, 0.5) is 17.6 Å². The predicted molar refractivity (Wildman–Crippen MR) is 68.0 cm³/mol. The zero-order valence-corrected chi connectivity index (χ0v) is 11.5. The van der Waals surface area contributed by atoms with E-state index in [1.807, 2.05) is 0 Å². The summed E-state index contributed by atoms with van der Waals surface area (Å²) in [4.78, 5) is -1.33. The van der Waals surface area contributed by atoms with Gasteiger partial charge < -0.3 is 0 Å². The van der Waals surface area contributed by atoms with Gasteiger partial charge in [0.05, 0.1) is 15.4 Å². The fourth-order valence-corrected chi connectivity index (χ4v) is 3.27. The Balaban J connectivity index is 2.68. The molecule has 2 rings (SSSR count). The van der Waals surface area contributed by atoms with E-state index in [1.54, 1.807) is 0 Å². The summed E-state index contributed by atoms with van der Waals surface area (Å²) in [5.74, 6) is -1.06. The fraction of sp³-hybridized carbons (Fsp3) is 0.0714. The predicted octanol–water partition coefficient (Wildman–Crippen LogP) is 3.55. The lowest BCUT2D eigenvalue weighted by molar-refractivity contribution is -0.137. The first-order chi connectivity index (χ1) is 10.2. The molecule has 114 valence electrons. The Labute approximate surface area is 123 Å². The highest BCUT2D eigenvalue weighted by Gasteiger charge is 2.32. The van der Waals surface area contributed by atoms with Gasteiger partial charge >= 0.3 is 6.18 Å². The van der Waals surface area contributed by atoms with Crippen LogP contribution < -0.4 is 0 Å². The number of alkyl halides is 3. The summed E-state index contributed by atoms with van der Waals surface area (Å²) >= 11 is 0. The molecule has 8 heteroatoms. The first-order valence-corrected chi connectivity index (χ1v) is 7.27. The topological polar surface area (TPSA) is 57.9 Å². The zero-order chi connectivity index (χ0) is 16.5. The summed E-state index contributed by atoms with van der Waals surface area (Å²) in [6.45, 7) is 0. The first kappa shape index (κ1) is 16.0. The van der Waals surface area contributed by atoms with Crippen molar-refractivity contribution in [1.82, 2.24) is 0 Å². The molecule has 2 aromatic rings. The molecule has 0 bridgehead atoms. The van der Waals surface area contributed by atoms with E-state index in [9.17, 15) is 26.0 Å². The van der Waals surface area contributed by atoms with Gasteiger partial charge in [0.25, 0.3) is 0 Å². The van der Waals surface area contributed by atoms with Crippen molar-refractivity contribution in [3.8, 4) is 6.07 Å². The molecule has 0 heterocycles. The van der Waals surface area contributed by atoms with Crippen LogP contribution in [0.1, 0.15) is 11.1 Å². The van der Waals surface area contributed by atoms with Gasteiger partial charge in [-0.05, 0) is 30.3 Å². The van der Waals surface area contributed by atoms with E-state index in [0.29, 0.717) is 6.07 Å². The average Bonchev–Trinajstić information content (AvgIpc) is 2.46. The molecule has 0 aliphatic rings. The molecule has 0 aliphatic heterocycles. The second kappa shape index (κ2) is 5.42. The van der Waals surface area contributed by atoms with Crippen LogP contribution in [0.5, 0.6) is 0 Å². The average molecular weight is 329 g/mol. The molecule has 3 nitrogen and oxygen atoms in total. The van der Waals surface area contributed by atoms with Gasteiger partial charge in [0.1, 0.15) is 17.4 Å². The molecule has 0 radical (unpaired) electrons. The number of nitrogens with zero attached hydrogens (tertiary/aromatic N) is 1. The Hall–Kier alpha value is -2.40. The molecule has 0 aliphatic carbocycles. The van der Waals surface area contributed by atoms with Crippen molar-refractivity contribution < 1.29 is 26.0 Å². The van der Waals surface area contributed by atoms with Crippen LogP contribution in [0.3, 0.4) is 0 Å². The maximum Gasteiger partial charge on any atom is 0.416 e. The number of rotatable bonds is 2. The normalized spacial score (nSPS) is 12.0. The van der Waals surface area contributed by atoms with Gasteiger partial charge in [-0.1, -0.05) is 12.1 Å². The Kier molecular flexibility index (Phi) is 3.94. The van der Waals surface area contributed by atoms with Crippen LogP contribution >= 0.6 is 0 Å². The van der Waals surface area contributed by atoms with Crippen LogP contribution in [-0.2, 0) is 16.0 Å². The van der Waals surface area contributed by atoms with Crippen LogP contribution in [0.15, 0.2) is 52.3 Å². The Bertz CT molecular complexity index is 867. The molecule has 2 aromatic carbocycles. The third-order valence-corrected chi connectivity index (χ3v) is 4.64. The Morgan fingerprint density at radius 1 is 1.05 bits per heavy atom. The molecule has 0 aromatic heterocycles. The number of sulfone groups is 1. The van der Waals surface area contributed by atoms with E-state index in [2.05, 4.69) is 0 Å². The van der Waals surface area contributed by atoms with Crippen molar-refractivity contribution in [2.24, 2.45) is 0 Å². The second-order valence-corrected chi connectivity index (χ2v) is 6.17. The van der Waals surface area contributed by atoms with Crippen LogP contribution in [0.2, 0.25) is 0 Å². The highest BCUT2D eigenvalue weighted by molar-refractivity contribution is 7.91. The van der Waals surface area contributed by atoms with Gasteiger partial charge in [-0.25, -0.2) is 12.8 Å². The molecular weight excluding hydrogens is 322 g/mol. The van der Waals surface area contributed by atoms with Crippen LogP contribution in [0, 0.1) is 17.1 Å². The molecule has 0 N–H and O–H groups in total. The maximum atomic E-state index is 13.5. The molecule has 0 fully saturated rings. The smallest absolute Gasteiger partial charge is 0.218 e. The molecule has 0 spiro atoms. The SMILES string of the molecule is N#Cc1c(F)cccc1S(=O)(=O)c1cccc(C(F)(F)F)c1. The summed E-state index contributed by atoms with van der Waals surface area (Å²) in [6.07, 6.45) is -4.72. The van der Waals surface area contributed by atoms with Crippen molar-refractivity contribution in [1.29, 1.82) is 5.26 Å². The highest BCUT2D eigenvalue weighted by Crippen LogP contribution is 2.32. The van der Waals surface area contributed by atoms with Gasteiger partial charge in [-0.3, -0.25) is 0 Å². The fourth-order valence-electron chi connectivity index (χ4n) is 1.80. The van der Waals surface area contributed by atoms with E-state index in [0.717, 1.165) is 36.4 Å². The van der Waals surface area contributed by atoms with Gasteiger partial charge in [0.15, 0.2) is 0 Å². The number of benzene rings is 2. The van der Waals surface area contributed by atoms with Gasteiger partial charge in [0.2, 0.25) is 9.84 Å². The van der Waals surface area contributed by atoms with E-state index in [1.165, 1.54) is 6.07 Å².